The minimum atomic E-state index is -1.01. The molecule has 1 aliphatic carbocycles. The van der Waals surface area contributed by atoms with E-state index in [-0.39, 0.29) is 23.7 Å². The molecular weight excluding hydrogens is 556 g/mol. The molecule has 2 aliphatic rings. The van der Waals surface area contributed by atoms with Gasteiger partial charge in [0.15, 0.2) is 0 Å². The van der Waals surface area contributed by atoms with E-state index in [2.05, 4.69) is 33.3 Å². The van der Waals surface area contributed by atoms with Gasteiger partial charge in [0.25, 0.3) is 5.91 Å². The third-order valence-electron chi connectivity index (χ3n) is 7.93. The van der Waals surface area contributed by atoms with Crippen LogP contribution in [0.1, 0.15) is 49.7 Å². The normalized spacial score (nSPS) is 21.8. The zero-order chi connectivity index (χ0) is 29.6. The lowest BCUT2D eigenvalue weighted by Gasteiger charge is -2.28. The van der Waals surface area contributed by atoms with Gasteiger partial charge in [-0.2, -0.15) is 10.4 Å². The third kappa shape index (κ3) is 5.47. The lowest BCUT2D eigenvalue weighted by Crippen LogP contribution is -2.45. The van der Waals surface area contributed by atoms with Crippen molar-refractivity contribution >= 4 is 28.8 Å². The van der Waals surface area contributed by atoms with E-state index in [9.17, 15) is 15.2 Å². The van der Waals surface area contributed by atoms with Crippen LogP contribution in [0.2, 0.25) is 5.02 Å². The van der Waals surface area contributed by atoms with E-state index in [1.54, 1.807) is 61.3 Å². The van der Waals surface area contributed by atoms with Crippen molar-refractivity contribution in [1.82, 2.24) is 29.9 Å². The molecule has 0 spiro atoms. The fourth-order valence-electron chi connectivity index (χ4n) is 6.15. The Morgan fingerprint density at radius 2 is 2.00 bits per heavy atom. The van der Waals surface area contributed by atoms with E-state index >= 15 is 0 Å². The van der Waals surface area contributed by atoms with Crippen LogP contribution in [-0.2, 0) is 0 Å². The lowest BCUT2D eigenvalue weighted by atomic mass is 9.97. The molecule has 1 saturated heterocycles. The first kappa shape index (κ1) is 27.9. The highest BCUT2D eigenvalue weighted by Gasteiger charge is 2.48. The molecule has 0 unspecified atom stereocenters. The van der Waals surface area contributed by atoms with E-state index in [1.165, 1.54) is 6.20 Å². The maximum atomic E-state index is 12.9. The maximum absolute atomic E-state index is 12.9. The number of ether oxygens (including phenoxy) is 1. The number of rotatable bonds is 7. The van der Waals surface area contributed by atoms with Gasteiger partial charge in [-0.05, 0) is 63.6 Å². The Kier molecular flexibility index (Phi) is 6.99. The Labute approximate surface area is 248 Å². The van der Waals surface area contributed by atoms with Crippen LogP contribution < -0.4 is 15.0 Å². The second kappa shape index (κ2) is 10.5. The van der Waals surface area contributed by atoms with Crippen LogP contribution in [0.15, 0.2) is 49.2 Å². The summed E-state index contributed by atoms with van der Waals surface area (Å²) in [4.78, 5) is 28.7. The monoisotopic (exact) mass is 586 g/mol. The van der Waals surface area contributed by atoms with Gasteiger partial charge in [-0.3, -0.25) is 9.78 Å². The van der Waals surface area contributed by atoms with E-state index < -0.39 is 5.60 Å². The van der Waals surface area contributed by atoms with Gasteiger partial charge in [0.05, 0.1) is 52.2 Å². The van der Waals surface area contributed by atoms with Crippen LogP contribution in [0.3, 0.4) is 0 Å². The van der Waals surface area contributed by atoms with Gasteiger partial charge < -0.3 is 20.1 Å². The average Bonchev–Trinajstić information content (AvgIpc) is 3.62. The molecular formula is C30H31ClN8O3. The number of aliphatic hydroxyl groups is 1. The van der Waals surface area contributed by atoms with E-state index in [0.717, 1.165) is 31.7 Å². The van der Waals surface area contributed by atoms with Crippen LogP contribution in [0.5, 0.6) is 5.75 Å². The lowest BCUT2D eigenvalue weighted by molar-refractivity contribution is 0.0283. The van der Waals surface area contributed by atoms with Gasteiger partial charge in [-0.25, -0.2) is 14.5 Å². The van der Waals surface area contributed by atoms with Crippen molar-refractivity contribution in [2.24, 2.45) is 11.8 Å². The summed E-state index contributed by atoms with van der Waals surface area (Å²) < 4.78 is 7.40. The highest BCUT2D eigenvalue weighted by Crippen LogP contribution is 2.45. The molecule has 0 radical (unpaired) electrons. The molecule has 4 aromatic rings. The first-order chi connectivity index (χ1) is 20.0. The number of carbonyl (C=O) groups is 1. The molecule has 1 aliphatic heterocycles. The predicted octanol–water partition coefficient (Wildman–Crippen LogP) is 3.90. The SMILES string of the molecule is CC(C)(O)COc1cc(-c2cnc(N3C[C@@H]4C[C@@](C)(NC(=O)c5ncccc5Cl)C[C@@H]4C3)cn2)c2c(C#N)cnn2c1. The molecule has 1 amide bonds. The van der Waals surface area contributed by atoms with Gasteiger partial charge in [0.2, 0.25) is 0 Å². The number of pyridine rings is 2. The quantitative estimate of drug-likeness (QED) is 0.330. The Balaban J connectivity index is 1.17. The minimum absolute atomic E-state index is 0.0891. The predicted molar refractivity (Wildman–Crippen MR) is 156 cm³/mol. The molecule has 11 nitrogen and oxygen atoms in total. The number of nitrogens with zero attached hydrogens (tertiary/aromatic N) is 7. The zero-order valence-corrected chi connectivity index (χ0v) is 24.3. The number of nitrogens with one attached hydrogen (secondary N) is 1. The van der Waals surface area contributed by atoms with Crippen molar-refractivity contribution in [3.63, 3.8) is 0 Å². The smallest absolute Gasteiger partial charge is 0.271 e. The number of halogens is 1. The van der Waals surface area contributed by atoms with Crippen molar-refractivity contribution in [3.05, 3.63) is 65.5 Å². The standard InChI is InChI=1S/C30H31ClN8O3/c1-29(2,41)17-42-21-7-22(27-20(10-32)11-36-39(27)16-21)24-12-35-25(13-34-24)38-14-18-8-30(3,9-19(18)15-38)37-28(40)26-23(31)5-4-6-33-26/h4-7,11-13,16,18-19,41H,8-9,14-15,17H2,1-3H3,(H,37,40)/t18-,19+,30+. The van der Waals surface area contributed by atoms with Crippen molar-refractivity contribution in [1.29, 1.82) is 5.26 Å². The van der Waals surface area contributed by atoms with Crippen molar-refractivity contribution in [2.45, 2.75) is 44.8 Å². The molecule has 42 heavy (non-hydrogen) atoms. The number of hydrogen-bond acceptors (Lipinski definition) is 9. The molecule has 0 bridgehead atoms. The summed E-state index contributed by atoms with van der Waals surface area (Å²) in [7, 11) is 0. The second-order valence-electron chi connectivity index (χ2n) is 12.1. The number of aromatic nitrogens is 5. The number of anilines is 1. The number of nitriles is 1. The first-order valence-electron chi connectivity index (χ1n) is 13.8. The van der Waals surface area contributed by atoms with Crippen molar-refractivity contribution < 1.29 is 14.6 Å². The molecule has 6 rings (SSSR count). The van der Waals surface area contributed by atoms with E-state index in [4.69, 9.17) is 26.3 Å². The second-order valence-corrected chi connectivity index (χ2v) is 12.5. The number of amides is 1. The van der Waals surface area contributed by atoms with Crippen LogP contribution >= 0.6 is 11.6 Å². The Morgan fingerprint density at radius 3 is 2.64 bits per heavy atom. The highest BCUT2D eigenvalue weighted by atomic mass is 35.5. The third-order valence-corrected chi connectivity index (χ3v) is 8.23. The van der Waals surface area contributed by atoms with Crippen molar-refractivity contribution in [2.75, 3.05) is 24.6 Å². The van der Waals surface area contributed by atoms with Crippen LogP contribution in [0.25, 0.3) is 16.8 Å². The molecule has 216 valence electrons. The summed E-state index contributed by atoms with van der Waals surface area (Å²) in [6.45, 7) is 7.15. The van der Waals surface area contributed by atoms with Crippen molar-refractivity contribution in [3.8, 4) is 23.1 Å². The topological polar surface area (TPSA) is 142 Å². The van der Waals surface area contributed by atoms with Crippen LogP contribution in [-0.4, -0.2) is 66.4 Å². The zero-order valence-electron chi connectivity index (χ0n) is 23.6. The summed E-state index contributed by atoms with van der Waals surface area (Å²) in [6, 6.07) is 7.36. The Morgan fingerprint density at radius 1 is 1.24 bits per heavy atom. The molecule has 3 atom stereocenters. The molecule has 2 N–H and O–H groups in total. The number of fused-ring (bicyclic) bond motifs is 2. The molecule has 2 fully saturated rings. The van der Waals surface area contributed by atoms with Gasteiger partial charge >= 0.3 is 0 Å². The van der Waals surface area contributed by atoms with E-state index in [0.29, 0.717) is 44.9 Å². The summed E-state index contributed by atoms with van der Waals surface area (Å²) in [6.07, 6.45) is 9.91. The first-order valence-corrected chi connectivity index (χ1v) is 14.2. The highest BCUT2D eigenvalue weighted by molar-refractivity contribution is 6.33. The van der Waals surface area contributed by atoms with E-state index in [1.807, 2.05) is 0 Å². The minimum Gasteiger partial charge on any atom is -0.489 e. The molecule has 5 heterocycles. The van der Waals surface area contributed by atoms with Gasteiger partial charge in [0, 0.05) is 30.4 Å². The molecule has 12 heteroatoms. The number of carbonyl (C=O) groups excluding carboxylic acids is 1. The Bertz CT molecular complexity index is 1680. The Hall–Kier alpha value is -4.27. The van der Waals surface area contributed by atoms with Gasteiger partial charge in [0.1, 0.15) is 29.9 Å². The summed E-state index contributed by atoms with van der Waals surface area (Å²) >= 11 is 6.18. The molecule has 1 saturated carbocycles. The summed E-state index contributed by atoms with van der Waals surface area (Å²) in [5.74, 6) is 1.84. The average molecular weight is 587 g/mol. The van der Waals surface area contributed by atoms with Crippen LogP contribution in [0.4, 0.5) is 5.82 Å². The van der Waals surface area contributed by atoms with Crippen LogP contribution in [0, 0.1) is 23.2 Å². The summed E-state index contributed by atoms with van der Waals surface area (Å²) in [5, 5.41) is 27.6. The fraction of sp³-hybridized carbons (Fsp3) is 0.400. The largest absolute Gasteiger partial charge is 0.489 e. The molecule has 4 aromatic heterocycles. The maximum Gasteiger partial charge on any atom is 0.271 e. The molecule has 0 aromatic carbocycles. The van der Waals surface area contributed by atoms with Gasteiger partial charge in [-0.15, -0.1) is 0 Å². The summed E-state index contributed by atoms with van der Waals surface area (Å²) in [5.41, 5.74) is 1.17. The van der Waals surface area contributed by atoms with Gasteiger partial charge in [-0.1, -0.05) is 11.6 Å². The fourth-order valence-corrected chi connectivity index (χ4v) is 6.36. The number of hydrogen-bond donors (Lipinski definition) is 2.